The van der Waals surface area contributed by atoms with Crippen molar-refractivity contribution in [2.45, 2.75) is 102 Å². The first kappa shape index (κ1) is 29.0. The summed E-state index contributed by atoms with van der Waals surface area (Å²) in [7, 11) is 0. The van der Waals surface area contributed by atoms with Gasteiger partial charge in [-0.3, -0.25) is 9.80 Å². The van der Waals surface area contributed by atoms with E-state index in [2.05, 4.69) is 42.6 Å². The number of ether oxygens (including phenoxy) is 2. The second kappa shape index (κ2) is 10.6. The largest absolute Gasteiger partial charge is 0.461 e. The summed E-state index contributed by atoms with van der Waals surface area (Å²) in [6.45, 7) is 9.59. The zero-order valence-corrected chi connectivity index (χ0v) is 26.1. The van der Waals surface area contributed by atoms with Crippen molar-refractivity contribution < 1.29 is 23.0 Å². The number of hydrogen-bond donors (Lipinski definition) is 0. The average molecular weight is 658 g/mol. The summed E-state index contributed by atoms with van der Waals surface area (Å²) in [4.78, 5) is 32.8. The molecule has 0 aromatic carbocycles. The molecule has 1 amide bonds. The Kier molecular flexibility index (Phi) is 7.50. The van der Waals surface area contributed by atoms with Crippen LogP contribution in [0.3, 0.4) is 0 Å². The molecule has 13 heteroatoms. The summed E-state index contributed by atoms with van der Waals surface area (Å²) in [5, 5.41) is 0.0895. The highest BCUT2D eigenvalue weighted by atomic mass is 79.9. The lowest BCUT2D eigenvalue weighted by atomic mass is 9.95. The highest BCUT2D eigenvalue weighted by Crippen LogP contribution is 2.44. The van der Waals surface area contributed by atoms with Gasteiger partial charge in [0.25, 0.3) is 0 Å². The van der Waals surface area contributed by atoms with Crippen LogP contribution in [0.5, 0.6) is 6.01 Å². The Hall–Kier alpha value is -2.05. The highest BCUT2D eigenvalue weighted by molar-refractivity contribution is 9.10. The summed E-state index contributed by atoms with van der Waals surface area (Å²) in [6.07, 6.45) is 3.37. The maximum Gasteiger partial charge on any atom is 0.410 e. The van der Waals surface area contributed by atoms with Crippen LogP contribution in [0.1, 0.15) is 66.2 Å². The normalized spacial score (nSPS) is 29.9. The molecule has 2 aromatic heterocycles. The molecule has 0 aliphatic carbocycles. The van der Waals surface area contributed by atoms with E-state index in [4.69, 9.17) is 26.1 Å². The predicted octanol–water partition coefficient (Wildman–Crippen LogP) is 5.90. The average Bonchev–Trinajstić information content (AvgIpc) is 3.53. The van der Waals surface area contributed by atoms with Crippen molar-refractivity contribution >= 4 is 50.3 Å². The molecule has 0 saturated carbocycles. The molecule has 9 nitrogen and oxygen atoms in total. The molecule has 0 spiro atoms. The van der Waals surface area contributed by atoms with Gasteiger partial charge in [-0.1, -0.05) is 18.5 Å². The molecule has 5 atom stereocenters. The second-order valence-electron chi connectivity index (χ2n) is 12.7. The van der Waals surface area contributed by atoms with E-state index in [0.29, 0.717) is 35.3 Å². The quantitative estimate of drug-likeness (QED) is 0.368. The monoisotopic (exact) mass is 656 g/mol. The Balaban J connectivity index is 1.38. The molecular weight excluding hydrogens is 622 g/mol. The van der Waals surface area contributed by atoms with Crippen molar-refractivity contribution in [3.63, 3.8) is 0 Å². The molecule has 2 bridgehead atoms. The Bertz CT molecular complexity index is 1360. The Morgan fingerprint density at radius 2 is 2.00 bits per heavy atom. The highest BCUT2D eigenvalue weighted by Gasteiger charge is 2.51. The molecule has 0 N–H and O–H groups in total. The van der Waals surface area contributed by atoms with E-state index in [0.717, 1.165) is 38.6 Å². The summed E-state index contributed by atoms with van der Waals surface area (Å²) >= 11 is 9.61. The first-order chi connectivity index (χ1) is 19.4. The minimum Gasteiger partial charge on any atom is -0.461 e. The number of pyridine rings is 1. The third kappa shape index (κ3) is 5.11. The van der Waals surface area contributed by atoms with E-state index in [1.54, 1.807) is 0 Å². The zero-order valence-electron chi connectivity index (χ0n) is 23.8. The number of alkyl halides is 1. The number of carbonyl (C=O) groups is 1. The summed E-state index contributed by atoms with van der Waals surface area (Å²) in [6, 6.07) is -0.288. The van der Waals surface area contributed by atoms with Crippen LogP contribution in [0.15, 0.2) is 4.60 Å². The molecule has 224 valence electrons. The number of nitrogens with zero attached hydrogens (tertiary/aromatic N) is 6. The smallest absolute Gasteiger partial charge is 0.410 e. The molecule has 0 unspecified atom stereocenters. The number of anilines is 1. The second-order valence-corrected chi connectivity index (χ2v) is 13.8. The van der Waals surface area contributed by atoms with Crippen molar-refractivity contribution in [2.75, 3.05) is 31.1 Å². The van der Waals surface area contributed by atoms with Crippen LogP contribution in [-0.4, -0.2) is 92.5 Å². The lowest BCUT2D eigenvalue weighted by molar-refractivity contribution is 0.00735. The van der Waals surface area contributed by atoms with Gasteiger partial charge in [0.1, 0.15) is 34.3 Å². The van der Waals surface area contributed by atoms with Gasteiger partial charge in [-0.15, -0.1) is 0 Å². The SMILES string of the molecule is CC[C@@H]1[C@@H]2CC[C@H](CN1c1nc(OC[C@@]34CCCN3C[C@H](F)C4)nc3c(F)c(Cl)nc(Br)c13)N2C(=O)OC(C)(C)C. The Labute approximate surface area is 252 Å². The van der Waals surface area contributed by atoms with Crippen molar-refractivity contribution in [3.05, 3.63) is 15.6 Å². The van der Waals surface area contributed by atoms with Gasteiger partial charge in [0.15, 0.2) is 11.0 Å². The lowest BCUT2D eigenvalue weighted by Gasteiger charge is -2.47. The van der Waals surface area contributed by atoms with E-state index in [1.807, 2.05) is 25.7 Å². The standard InChI is InChI=1S/C28H36BrClF2N6O3/c1-5-17-18-8-7-16(38(18)26(39)41-27(2,3)4)13-37(17)24-19-21(20(32)23(30)34-22(19)29)33-25(35-24)40-14-28-9-6-10-36(28)12-15(31)11-28/h15-18H,5-14H2,1-4H3/t15-,16-,17-,18+,28+/m1/s1. The van der Waals surface area contributed by atoms with Gasteiger partial charge in [-0.05, 0) is 75.4 Å². The Morgan fingerprint density at radius 3 is 2.73 bits per heavy atom. The van der Waals surface area contributed by atoms with Gasteiger partial charge in [0.05, 0.1) is 29.1 Å². The van der Waals surface area contributed by atoms with Crippen LogP contribution >= 0.6 is 27.5 Å². The van der Waals surface area contributed by atoms with Crippen molar-refractivity contribution in [1.82, 2.24) is 24.8 Å². The first-order valence-electron chi connectivity index (χ1n) is 14.4. The van der Waals surface area contributed by atoms with E-state index in [1.165, 1.54) is 0 Å². The first-order valence-corrected chi connectivity index (χ1v) is 15.6. The number of hydrogen-bond acceptors (Lipinski definition) is 8. The fourth-order valence-corrected chi connectivity index (χ4v) is 8.18. The predicted molar refractivity (Wildman–Crippen MR) is 155 cm³/mol. The van der Waals surface area contributed by atoms with Crippen LogP contribution in [0.25, 0.3) is 10.9 Å². The van der Waals surface area contributed by atoms with Gasteiger partial charge >= 0.3 is 12.1 Å². The van der Waals surface area contributed by atoms with E-state index >= 15 is 4.39 Å². The van der Waals surface area contributed by atoms with Crippen LogP contribution < -0.4 is 9.64 Å². The van der Waals surface area contributed by atoms with Crippen LogP contribution in [0.2, 0.25) is 5.15 Å². The number of rotatable bonds is 5. The molecular formula is C28H36BrClF2N6O3. The third-order valence-corrected chi connectivity index (χ3v) is 9.81. The van der Waals surface area contributed by atoms with Crippen LogP contribution in [-0.2, 0) is 4.74 Å². The molecule has 2 aromatic rings. The molecule has 0 radical (unpaired) electrons. The van der Waals surface area contributed by atoms with Crippen LogP contribution in [0, 0.1) is 5.82 Å². The minimum atomic E-state index is -0.896. The lowest BCUT2D eigenvalue weighted by Crippen LogP contribution is -2.62. The number of carbonyl (C=O) groups excluding carboxylic acids is 1. The number of halogens is 4. The Morgan fingerprint density at radius 1 is 1.22 bits per heavy atom. The maximum absolute atomic E-state index is 15.5. The van der Waals surface area contributed by atoms with Crippen LogP contribution in [0.4, 0.5) is 19.4 Å². The fourth-order valence-electron chi connectivity index (χ4n) is 7.36. The summed E-state index contributed by atoms with van der Waals surface area (Å²) in [5.41, 5.74) is -1.01. The maximum atomic E-state index is 15.5. The van der Waals surface area contributed by atoms with Crippen molar-refractivity contribution in [2.24, 2.45) is 0 Å². The number of aromatic nitrogens is 3. The molecule has 6 heterocycles. The molecule has 4 aliphatic heterocycles. The van der Waals surface area contributed by atoms with E-state index in [9.17, 15) is 9.18 Å². The number of piperazine rings is 1. The van der Waals surface area contributed by atoms with Gasteiger partial charge in [-0.2, -0.15) is 9.97 Å². The van der Waals surface area contributed by atoms with Gasteiger partial charge in [0.2, 0.25) is 0 Å². The van der Waals surface area contributed by atoms with Gasteiger partial charge in [-0.25, -0.2) is 18.6 Å². The number of amides is 1. The zero-order chi connectivity index (χ0) is 29.3. The van der Waals surface area contributed by atoms with Gasteiger partial charge < -0.3 is 14.4 Å². The molecule has 41 heavy (non-hydrogen) atoms. The van der Waals surface area contributed by atoms with Crippen molar-refractivity contribution in [1.29, 1.82) is 0 Å². The summed E-state index contributed by atoms with van der Waals surface area (Å²) in [5.74, 6) is -0.282. The molecule has 4 aliphatic rings. The van der Waals surface area contributed by atoms with E-state index in [-0.39, 0.29) is 47.5 Å². The van der Waals surface area contributed by atoms with Gasteiger partial charge in [0, 0.05) is 19.5 Å². The topological polar surface area (TPSA) is 83.9 Å². The molecule has 6 rings (SSSR count). The summed E-state index contributed by atoms with van der Waals surface area (Å²) < 4.78 is 42.1. The van der Waals surface area contributed by atoms with E-state index < -0.39 is 23.1 Å². The third-order valence-electron chi connectivity index (χ3n) is 8.98. The minimum absolute atomic E-state index is 0.00390. The molecule has 4 fully saturated rings. The molecule has 4 saturated heterocycles. The van der Waals surface area contributed by atoms with Crippen molar-refractivity contribution in [3.8, 4) is 6.01 Å². The fraction of sp³-hybridized carbons (Fsp3) is 0.714. The number of fused-ring (bicyclic) bond motifs is 4.